The Labute approximate surface area is 107 Å². The van der Waals surface area contributed by atoms with E-state index < -0.39 is 5.82 Å². The van der Waals surface area contributed by atoms with Crippen molar-refractivity contribution in [2.75, 3.05) is 5.73 Å². The molecule has 0 atom stereocenters. The Bertz CT molecular complexity index is 726. The lowest BCUT2D eigenvalue weighted by Crippen LogP contribution is -1.91. The van der Waals surface area contributed by atoms with Gasteiger partial charge in [0.1, 0.15) is 17.3 Å². The molecule has 3 aromatic rings. The largest absolute Gasteiger partial charge is 0.384 e. The van der Waals surface area contributed by atoms with Crippen LogP contribution >= 0.6 is 0 Å². The maximum atomic E-state index is 13.6. The molecule has 6 heteroatoms. The smallest absolute Gasteiger partial charge is 0.276 e. The molecule has 5 nitrogen and oxygen atoms in total. The van der Waals surface area contributed by atoms with Crippen molar-refractivity contribution in [3.63, 3.8) is 0 Å². The van der Waals surface area contributed by atoms with Crippen LogP contribution in [0, 0.1) is 5.82 Å². The van der Waals surface area contributed by atoms with Gasteiger partial charge in [0, 0.05) is 0 Å². The van der Waals surface area contributed by atoms with E-state index in [9.17, 15) is 4.39 Å². The molecule has 2 N–H and O–H groups in total. The first-order chi connectivity index (χ1) is 9.24. The highest BCUT2D eigenvalue weighted by atomic mass is 19.1. The summed E-state index contributed by atoms with van der Waals surface area (Å²) in [4.78, 5) is 8.18. The standard InChI is InChI=1S/C13H9FN4O/c14-9-5-2-1-4-8(9)12-17-13(19-18-12)10-6-3-7-11(15)16-10/h1-7H,(H2,15,16). The first-order valence-corrected chi connectivity index (χ1v) is 5.55. The van der Waals surface area contributed by atoms with E-state index in [2.05, 4.69) is 15.1 Å². The van der Waals surface area contributed by atoms with Crippen LogP contribution in [0.15, 0.2) is 47.0 Å². The molecule has 94 valence electrons. The van der Waals surface area contributed by atoms with E-state index in [4.69, 9.17) is 10.3 Å². The number of anilines is 1. The summed E-state index contributed by atoms with van der Waals surface area (Å²) in [5, 5.41) is 3.75. The quantitative estimate of drug-likeness (QED) is 0.762. The molecule has 0 aliphatic rings. The highest BCUT2D eigenvalue weighted by molar-refractivity contribution is 5.59. The summed E-state index contributed by atoms with van der Waals surface area (Å²) < 4.78 is 18.7. The van der Waals surface area contributed by atoms with Gasteiger partial charge in [0.15, 0.2) is 0 Å². The number of hydrogen-bond acceptors (Lipinski definition) is 5. The summed E-state index contributed by atoms with van der Waals surface area (Å²) in [5.74, 6) is 0.321. The lowest BCUT2D eigenvalue weighted by molar-refractivity contribution is 0.430. The van der Waals surface area contributed by atoms with Crippen LogP contribution in [0.1, 0.15) is 0 Å². The zero-order chi connectivity index (χ0) is 13.2. The molecule has 0 amide bonds. The van der Waals surface area contributed by atoms with Crippen molar-refractivity contribution in [3.8, 4) is 23.0 Å². The van der Waals surface area contributed by atoms with E-state index in [1.54, 1.807) is 36.4 Å². The molecular formula is C13H9FN4O. The minimum absolute atomic E-state index is 0.178. The van der Waals surface area contributed by atoms with E-state index >= 15 is 0 Å². The number of rotatable bonds is 2. The Morgan fingerprint density at radius 2 is 1.84 bits per heavy atom. The summed E-state index contributed by atoms with van der Waals surface area (Å²) in [6.07, 6.45) is 0. The Morgan fingerprint density at radius 3 is 2.63 bits per heavy atom. The first-order valence-electron chi connectivity index (χ1n) is 5.55. The van der Waals surface area contributed by atoms with Crippen LogP contribution in [0.2, 0.25) is 0 Å². The van der Waals surface area contributed by atoms with Gasteiger partial charge in [-0.25, -0.2) is 9.37 Å². The lowest BCUT2D eigenvalue weighted by atomic mass is 10.2. The van der Waals surface area contributed by atoms with Crippen molar-refractivity contribution >= 4 is 5.82 Å². The fourth-order valence-electron chi connectivity index (χ4n) is 1.65. The number of nitrogen functional groups attached to an aromatic ring is 1. The Kier molecular flexibility index (Phi) is 2.68. The van der Waals surface area contributed by atoms with E-state index in [1.807, 2.05) is 0 Å². The highest BCUT2D eigenvalue weighted by Gasteiger charge is 2.14. The molecule has 0 aliphatic heterocycles. The molecule has 0 unspecified atom stereocenters. The monoisotopic (exact) mass is 256 g/mol. The highest BCUT2D eigenvalue weighted by Crippen LogP contribution is 2.23. The third-order valence-corrected chi connectivity index (χ3v) is 2.53. The predicted molar refractivity (Wildman–Crippen MR) is 67.3 cm³/mol. The van der Waals surface area contributed by atoms with Crippen LogP contribution < -0.4 is 5.73 Å². The first kappa shape index (κ1) is 11.3. The van der Waals surface area contributed by atoms with Gasteiger partial charge >= 0.3 is 0 Å². The van der Waals surface area contributed by atoms with Crippen LogP contribution in [-0.4, -0.2) is 15.1 Å². The molecule has 0 bridgehead atoms. The van der Waals surface area contributed by atoms with Gasteiger partial charge in [-0.1, -0.05) is 23.4 Å². The van der Waals surface area contributed by atoms with Gasteiger partial charge < -0.3 is 10.3 Å². The number of pyridine rings is 1. The number of hydrogen-bond donors (Lipinski definition) is 1. The van der Waals surface area contributed by atoms with Gasteiger partial charge in [0.2, 0.25) is 5.82 Å². The molecule has 0 fully saturated rings. The van der Waals surface area contributed by atoms with Crippen molar-refractivity contribution in [3.05, 3.63) is 48.3 Å². The van der Waals surface area contributed by atoms with E-state index in [1.165, 1.54) is 6.07 Å². The molecule has 3 rings (SSSR count). The van der Waals surface area contributed by atoms with E-state index in [0.717, 1.165) is 0 Å². The SMILES string of the molecule is Nc1cccc(-c2nc(-c3ccccc3F)no2)n1. The number of nitrogens with zero attached hydrogens (tertiary/aromatic N) is 3. The molecule has 19 heavy (non-hydrogen) atoms. The third kappa shape index (κ3) is 2.15. The van der Waals surface area contributed by atoms with Crippen LogP contribution in [0.4, 0.5) is 10.2 Å². The van der Waals surface area contributed by atoms with Gasteiger partial charge in [0.25, 0.3) is 5.89 Å². The normalized spacial score (nSPS) is 10.6. The maximum Gasteiger partial charge on any atom is 0.276 e. The Hall–Kier alpha value is -2.76. The van der Waals surface area contributed by atoms with Crippen molar-refractivity contribution in [1.29, 1.82) is 0 Å². The number of aromatic nitrogens is 3. The van der Waals surface area contributed by atoms with Crippen molar-refractivity contribution < 1.29 is 8.91 Å². The third-order valence-electron chi connectivity index (χ3n) is 2.53. The van der Waals surface area contributed by atoms with Gasteiger partial charge in [-0.3, -0.25) is 0 Å². The molecule has 0 saturated heterocycles. The Morgan fingerprint density at radius 1 is 1.00 bits per heavy atom. The zero-order valence-electron chi connectivity index (χ0n) is 9.75. The van der Waals surface area contributed by atoms with Crippen molar-refractivity contribution in [2.45, 2.75) is 0 Å². The molecule has 0 radical (unpaired) electrons. The molecule has 2 aromatic heterocycles. The van der Waals surface area contributed by atoms with Gasteiger partial charge in [-0.05, 0) is 24.3 Å². The van der Waals surface area contributed by atoms with E-state index in [-0.39, 0.29) is 17.3 Å². The molecule has 0 spiro atoms. The van der Waals surface area contributed by atoms with Crippen molar-refractivity contribution in [1.82, 2.24) is 15.1 Å². The minimum atomic E-state index is -0.407. The van der Waals surface area contributed by atoms with Gasteiger partial charge in [-0.2, -0.15) is 4.98 Å². The summed E-state index contributed by atoms with van der Waals surface area (Å²) in [6.45, 7) is 0. The molecule has 0 saturated carbocycles. The number of nitrogens with two attached hydrogens (primary N) is 1. The summed E-state index contributed by atoms with van der Waals surface area (Å²) in [6, 6.07) is 11.3. The minimum Gasteiger partial charge on any atom is -0.384 e. The second kappa shape index (κ2) is 4.49. The zero-order valence-corrected chi connectivity index (χ0v) is 9.75. The summed E-state index contributed by atoms with van der Waals surface area (Å²) >= 11 is 0. The summed E-state index contributed by atoms with van der Waals surface area (Å²) in [5.41, 5.74) is 6.31. The maximum absolute atomic E-state index is 13.6. The van der Waals surface area contributed by atoms with Crippen molar-refractivity contribution in [2.24, 2.45) is 0 Å². The molecule has 2 heterocycles. The lowest BCUT2D eigenvalue weighted by Gasteiger charge is -1.95. The topological polar surface area (TPSA) is 77.8 Å². The second-order valence-corrected chi connectivity index (χ2v) is 3.85. The predicted octanol–water partition coefficient (Wildman–Crippen LogP) is 2.52. The average molecular weight is 256 g/mol. The van der Waals surface area contributed by atoms with E-state index in [0.29, 0.717) is 11.5 Å². The second-order valence-electron chi connectivity index (χ2n) is 3.85. The average Bonchev–Trinajstić information content (AvgIpc) is 2.89. The molecule has 1 aromatic carbocycles. The summed E-state index contributed by atoms with van der Waals surface area (Å²) in [7, 11) is 0. The fourth-order valence-corrected chi connectivity index (χ4v) is 1.65. The Balaban J connectivity index is 2.03. The van der Waals surface area contributed by atoms with Crippen LogP contribution in [0.5, 0.6) is 0 Å². The van der Waals surface area contributed by atoms with Gasteiger partial charge in [0.05, 0.1) is 5.56 Å². The van der Waals surface area contributed by atoms with Crippen LogP contribution in [-0.2, 0) is 0 Å². The fraction of sp³-hybridized carbons (Fsp3) is 0. The number of halogens is 1. The van der Waals surface area contributed by atoms with Crippen LogP contribution in [0.3, 0.4) is 0 Å². The molecule has 0 aliphatic carbocycles. The number of benzene rings is 1. The molecular weight excluding hydrogens is 247 g/mol. The van der Waals surface area contributed by atoms with Gasteiger partial charge in [-0.15, -0.1) is 0 Å². The van der Waals surface area contributed by atoms with Crippen LogP contribution in [0.25, 0.3) is 23.0 Å².